The van der Waals surface area contributed by atoms with E-state index in [4.69, 9.17) is 4.74 Å². The van der Waals surface area contributed by atoms with Crippen molar-refractivity contribution in [2.45, 2.75) is 6.92 Å². The van der Waals surface area contributed by atoms with Crippen LogP contribution in [0.5, 0.6) is 5.75 Å². The van der Waals surface area contributed by atoms with Gasteiger partial charge in [-0.15, -0.1) is 0 Å². The fourth-order valence-corrected chi connectivity index (χ4v) is 2.32. The molecule has 1 heterocycles. The molecule has 3 rings (SSSR count). The van der Waals surface area contributed by atoms with Gasteiger partial charge in [0.25, 0.3) is 5.91 Å². The van der Waals surface area contributed by atoms with Gasteiger partial charge >= 0.3 is 0 Å². The number of amides is 1. The Labute approximate surface area is 144 Å². The molecule has 0 atom stereocenters. The Morgan fingerprint density at radius 3 is 2.60 bits per heavy atom. The summed E-state index contributed by atoms with van der Waals surface area (Å²) in [5, 5.41) is 0. The zero-order chi connectivity index (χ0) is 17.8. The molecule has 1 aromatic heterocycles. The topological polar surface area (TPSA) is 68.2 Å². The van der Waals surface area contributed by atoms with Crippen molar-refractivity contribution in [3.8, 4) is 11.4 Å². The van der Waals surface area contributed by atoms with Gasteiger partial charge in [-0.05, 0) is 49.4 Å². The lowest BCUT2D eigenvalue weighted by molar-refractivity contribution is 0.0962. The number of imidazole rings is 1. The fourth-order valence-electron chi connectivity index (χ4n) is 2.32. The number of hydrogen-bond donors (Lipinski definition) is 2. The van der Waals surface area contributed by atoms with Crippen LogP contribution in [0.2, 0.25) is 0 Å². The normalized spacial score (nSPS) is 10.4. The van der Waals surface area contributed by atoms with E-state index < -0.39 is 0 Å². The number of benzene rings is 2. The van der Waals surface area contributed by atoms with Gasteiger partial charge in [0, 0.05) is 11.8 Å². The van der Waals surface area contributed by atoms with Crippen molar-refractivity contribution >= 4 is 11.6 Å². The van der Waals surface area contributed by atoms with Crippen LogP contribution in [-0.4, -0.2) is 22.6 Å². The van der Waals surface area contributed by atoms with Crippen molar-refractivity contribution in [3.05, 3.63) is 72.1 Å². The molecule has 0 radical (unpaired) electrons. The highest BCUT2D eigenvalue weighted by Gasteiger charge is 2.11. The molecule has 0 aliphatic heterocycles. The summed E-state index contributed by atoms with van der Waals surface area (Å²) in [4.78, 5) is 16.5. The number of anilines is 1. The van der Waals surface area contributed by atoms with Crippen LogP contribution in [0.25, 0.3) is 5.69 Å². The second-order valence-corrected chi connectivity index (χ2v) is 5.39. The molecule has 1 amide bonds. The molecule has 0 spiro atoms. The standard InChI is InChI=1S/C18H17FN4O2/c1-12-10-23(11-20-12)16-8-3-13(9-17(16)25-2)18(24)22-21-15-6-4-14(19)5-7-15/h3-11,21H,1-2H3,(H,22,24). The van der Waals surface area contributed by atoms with Crippen LogP contribution in [0.15, 0.2) is 55.0 Å². The lowest BCUT2D eigenvalue weighted by Crippen LogP contribution is -2.29. The average molecular weight is 340 g/mol. The first-order chi connectivity index (χ1) is 12.1. The third-order valence-electron chi connectivity index (χ3n) is 3.60. The van der Waals surface area contributed by atoms with Gasteiger partial charge in [0.1, 0.15) is 11.6 Å². The summed E-state index contributed by atoms with van der Waals surface area (Å²) in [6.07, 6.45) is 3.55. The maximum atomic E-state index is 12.9. The zero-order valence-electron chi connectivity index (χ0n) is 13.8. The highest BCUT2D eigenvalue weighted by atomic mass is 19.1. The monoisotopic (exact) mass is 340 g/mol. The number of carbonyl (C=O) groups excluding carboxylic acids is 1. The van der Waals surface area contributed by atoms with Gasteiger partial charge in [-0.25, -0.2) is 9.37 Å². The summed E-state index contributed by atoms with van der Waals surface area (Å²) < 4.78 is 20.1. The summed E-state index contributed by atoms with van der Waals surface area (Å²) in [5.41, 5.74) is 7.96. The molecule has 0 saturated carbocycles. The predicted molar refractivity (Wildman–Crippen MR) is 92.3 cm³/mol. The van der Waals surface area contributed by atoms with Crippen molar-refractivity contribution < 1.29 is 13.9 Å². The first-order valence-electron chi connectivity index (χ1n) is 7.58. The minimum atomic E-state index is -0.341. The summed E-state index contributed by atoms with van der Waals surface area (Å²) in [7, 11) is 1.54. The van der Waals surface area contributed by atoms with Gasteiger partial charge in [0.15, 0.2) is 0 Å². The molecule has 0 saturated heterocycles. The Balaban J connectivity index is 1.75. The summed E-state index contributed by atoms with van der Waals surface area (Å²) in [5.74, 6) is -0.130. The minimum absolute atomic E-state index is 0.337. The largest absolute Gasteiger partial charge is 0.495 e. The molecule has 0 fully saturated rings. The van der Waals surface area contributed by atoms with Crippen LogP contribution in [0, 0.1) is 12.7 Å². The molecular formula is C18H17FN4O2. The molecule has 7 heteroatoms. The van der Waals surface area contributed by atoms with Crippen LogP contribution in [0.3, 0.4) is 0 Å². The number of hydrogen-bond acceptors (Lipinski definition) is 4. The van der Waals surface area contributed by atoms with Gasteiger partial charge in [0.05, 0.1) is 30.5 Å². The highest BCUT2D eigenvalue weighted by Crippen LogP contribution is 2.24. The highest BCUT2D eigenvalue weighted by molar-refractivity contribution is 5.95. The minimum Gasteiger partial charge on any atom is -0.495 e. The van der Waals surface area contributed by atoms with E-state index in [1.54, 1.807) is 31.6 Å². The maximum Gasteiger partial charge on any atom is 0.269 e. The lowest BCUT2D eigenvalue weighted by atomic mass is 10.1. The third kappa shape index (κ3) is 3.77. The van der Waals surface area contributed by atoms with Crippen molar-refractivity contribution in [1.82, 2.24) is 15.0 Å². The van der Waals surface area contributed by atoms with Crippen molar-refractivity contribution in [3.63, 3.8) is 0 Å². The lowest BCUT2D eigenvalue weighted by Gasteiger charge is -2.12. The number of rotatable bonds is 5. The van der Waals surface area contributed by atoms with Gasteiger partial charge < -0.3 is 9.30 Å². The molecule has 0 aliphatic carbocycles. The number of ether oxygens (including phenoxy) is 1. The van der Waals surface area contributed by atoms with Crippen LogP contribution in [0.1, 0.15) is 16.1 Å². The number of carbonyl (C=O) groups is 1. The number of nitrogens with zero attached hydrogens (tertiary/aromatic N) is 2. The Bertz CT molecular complexity index is 890. The van der Waals surface area contributed by atoms with Crippen LogP contribution in [-0.2, 0) is 0 Å². The molecule has 128 valence electrons. The second kappa shape index (κ2) is 7.04. The van der Waals surface area contributed by atoms with E-state index in [9.17, 15) is 9.18 Å². The third-order valence-corrected chi connectivity index (χ3v) is 3.60. The smallest absolute Gasteiger partial charge is 0.269 e. The molecule has 25 heavy (non-hydrogen) atoms. The van der Waals surface area contributed by atoms with Crippen LogP contribution < -0.4 is 15.6 Å². The predicted octanol–water partition coefficient (Wildman–Crippen LogP) is 3.09. The van der Waals surface area contributed by atoms with E-state index in [0.717, 1.165) is 11.4 Å². The summed E-state index contributed by atoms with van der Waals surface area (Å²) in [6.45, 7) is 1.89. The van der Waals surface area contributed by atoms with Gasteiger partial charge in [-0.1, -0.05) is 0 Å². The van der Waals surface area contributed by atoms with E-state index in [2.05, 4.69) is 15.8 Å². The Kier molecular flexibility index (Phi) is 4.65. The van der Waals surface area contributed by atoms with Gasteiger partial charge in [-0.3, -0.25) is 15.6 Å². The van der Waals surface area contributed by atoms with Crippen molar-refractivity contribution in [2.75, 3.05) is 12.5 Å². The molecule has 2 N–H and O–H groups in total. The Hall–Kier alpha value is -3.35. The van der Waals surface area contributed by atoms with Crippen molar-refractivity contribution in [2.24, 2.45) is 0 Å². The molecule has 6 nitrogen and oxygen atoms in total. The Morgan fingerprint density at radius 2 is 1.96 bits per heavy atom. The first kappa shape index (κ1) is 16.5. The van der Waals surface area contributed by atoms with Crippen LogP contribution in [0.4, 0.5) is 10.1 Å². The summed E-state index contributed by atoms with van der Waals surface area (Å²) >= 11 is 0. The zero-order valence-corrected chi connectivity index (χ0v) is 13.8. The molecule has 0 unspecified atom stereocenters. The van der Waals surface area contributed by atoms with E-state index >= 15 is 0 Å². The number of hydrazine groups is 1. The summed E-state index contributed by atoms with van der Waals surface area (Å²) in [6, 6.07) is 10.8. The number of nitrogens with one attached hydrogen (secondary N) is 2. The average Bonchev–Trinajstić information content (AvgIpc) is 3.06. The van der Waals surface area contributed by atoms with Gasteiger partial charge in [0.2, 0.25) is 0 Å². The van der Waals surface area contributed by atoms with Crippen molar-refractivity contribution in [1.29, 1.82) is 0 Å². The SMILES string of the molecule is COc1cc(C(=O)NNc2ccc(F)cc2)ccc1-n1cnc(C)c1. The molecule has 0 aliphatic rings. The van der Waals surface area contributed by atoms with E-state index in [-0.39, 0.29) is 11.7 Å². The first-order valence-corrected chi connectivity index (χ1v) is 7.58. The number of halogens is 1. The number of aryl methyl sites for hydroxylation is 1. The maximum absolute atomic E-state index is 12.9. The van der Waals surface area contributed by atoms with Crippen LogP contribution >= 0.6 is 0 Å². The fraction of sp³-hybridized carbons (Fsp3) is 0.111. The Morgan fingerprint density at radius 1 is 1.20 bits per heavy atom. The molecular weight excluding hydrogens is 323 g/mol. The van der Waals surface area contributed by atoms with Gasteiger partial charge in [-0.2, -0.15) is 0 Å². The second-order valence-electron chi connectivity index (χ2n) is 5.39. The number of aromatic nitrogens is 2. The van der Waals surface area contributed by atoms with E-state index in [0.29, 0.717) is 17.0 Å². The molecule has 2 aromatic carbocycles. The molecule has 0 bridgehead atoms. The van der Waals surface area contributed by atoms with E-state index in [1.165, 1.54) is 24.3 Å². The molecule has 3 aromatic rings. The quantitative estimate of drug-likeness (QED) is 0.701. The van der Waals surface area contributed by atoms with E-state index in [1.807, 2.05) is 17.7 Å². The number of methoxy groups -OCH3 is 1.